The first kappa shape index (κ1) is 17.2. The highest BCUT2D eigenvalue weighted by molar-refractivity contribution is 6.08. The summed E-state index contributed by atoms with van der Waals surface area (Å²) in [6.07, 6.45) is -0.251. The molecule has 0 aliphatic rings. The summed E-state index contributed by atoms with van der Waals surface area (Å²) in [4.78, 5) is 36.5. The molecule has 0 unspecified atom stereocenters. The molecule has 0 saturated heterocycles. The van der Waals surface area contributed by atoms with Crippen LogP contribution in [-0.2, 0) is 14.4 Å². The molecule has 0 saturated carbocycles. The van der Waals surface area contributed by atoms with Crippen molar-refractivity contribution in [2.24, 2.45) is 0 Å². The lowest BCUT2D eigenvalue weighted by Crippen LogP contribution is -2.30. The third-order valence-corrected chi connectivity index (χ3v) is 3.32. The van der Waals surface area contributed by atoms with Crippen molar-refractivity contribution < 1.29 is 14.4 Å². The van der Waals surface area contributed by atoms with Crippen molar-refractivity contribution in [1.29, 1.82) is 0 Å². The molecule has 0 radical (unpaired) electrons. The molecule has 3 amide bonds. The molecule has 2 aromatic rings. The smallest absolute Gasteiger partial charge is 0.236 e. The van der Waals surface area contributed by atoms with E-state index < -0.39 is 5.91 Å². The predicted molar refractivity (Wildman–Crippen MR) is 93.8 cm³/mol. The standard InChI is InChI=1S/C18H19N3O3/c1-13(22)19-14-8-10-15(11-9-14)20-17(23)12-18(24)21(2)16-6-4-3-5-7-16/h3-11H,12H2,1-2H3,(H,19,22)(H,20,23). The first-order valence-corrected chi connectivity index (χ1v) is 7.45. The number of nitrogens with zero attached hydrogens (tertiary/aromatic N) is 1. The first-order valence-electron chi connectivity index (χ1n) is 7.45. The Hall–Kier alpha value is -3.15. The maximum atomic E-state index is 12.1. The summed E-state index contributed by atoms with van der Waals surface area (Å²) < 4.78 is 0. The molecule has 0 atom stereocenters. The number of carbonyl (C=O) groups excluding carboxylic acids is 3. The van der Waals surface area contributed by atoms with E-state index in [1.807, 2.05) is 18.2 Å². The van der Waals surface area contributed by atoms with Crippen molar-refractivity contribution in [1.82, 2.24) is 0 Å². The van der Waals surface area contributed by atoms with Crippen LogP contribution in [0.1, 0.15) is 13.3 Å². The Morgan fingerprint density at radius 3 is 1.96 bits per heavy atom. The molecule has 2 N–H and O–H groups in total. The van der Waals surface area contributed by atoms with Crippen LogP contribution in [0.15, 0.2) is 54.6 Å². The maximum absolute atomic E-state index is 12.1. The Balaban J connectivity index is 1.90. The van der Waals surface area contributed by atoms with Gasteiger partial charge >= 0.3 is 0 Å². The zero-order chi connectivity index (χ0) is 17.5. The van der Waals surface area contributed by atoms with Gasteiger partial charge in [-0.05, 0) is 36.4 Å². The van der Waals surface area contributed by atoms with Gasteiger partial charge in [0.25, 0.3) is 0 Å². The minimum absolute atomic E-state index is 0.165. The van der Waals surface area contributed by atoms with Crippen LogP contribution in [-0.4, -0.2) is 24.8 Å². The van der Waals surface area contributed by atoms with Crippen molar-refractivity contribution in [2.75, 3.05) is 22.6 Å². The van der Waals surface area contributed by atoms with Gasteiger partial charge in [-0.3, -0.25) is 14.4 Å². The summed E-state index contributed by atoms with van der Waals surface area (Å²) in [5, 5.41) is 5.30. The van der Waals surface area contributed by atoms with Crippen molar-refractivity contribution in [3.8, 4) is 0 Å². The number of hydrogen-bond donors (Lipinski definition) is 2. The monoisotopic (exact) mass is 325 g/mol. The van der Waals surface area contributed by atoms with E-state index in [-0.39, 0.29) is 18.2 Å². The molecule has 2 aromatic carbocycles. The third-order valence-electron chi connectivity index (χ3n) is 3.32. The molecule has 2 rings (SSSR count). The topological polar surface area (TPSA) is 78.5 Å². The van der Waals surface area contributed by atoms with Crippen LogP contribution in [0.2, 0.25) is 0 Å². The number of amides is 3. The normalized spacial score (nSPS) is 9.92. The number of nitrogens with one attached hydrogen (secondary N) is 2. The highest BCUT2D eigenvalue weighted by Gasteiger charge is 2.15. The van der Waals surface area contributed by atoms with Gasteiger partial charge in [-0.1, -0.05) is 18.2 Å². The van der Waals surface area contributed by atoms with Gasteiger partial charge in [0, 0.05) is 31.0 Å². The Labute approximate surface area is 140 Å². The van der Waals surface area contributed by atoms with Crippen LogP contribution in [0.4, 0.5) is 17.1 Å². The molecule has 0 aliphatic carbocycles. The zero-order valence-corrected chi connectivity index (χ0v) is 13.6. The molecular weight excluding hydrogens is 306 g/mol. The summed E-state index contributed by atoms with van der Waals surface area (Å²) in [5.74, 6) is -0.857. The van der Waals surface area contributed by atoms with E-state index in [9.17, 15) is 14.4 Å². The van der Waals surface area contributed by atoms with E-state index in [2.05, 4.69) is 10.6 Å². The van der Waals surface area contributed by atoms with Gasteiger partial charge in [0.2, 0.25) is 17.7 Å². The van der Waals surface area contributed by atoms with Crippen LogP contribution in [0.3, 0.4) is 0 Å². The Morgan fingerprint density at radius 2 is 1.42 bits per heavy atom. The van der Waals surface area contributed by atoms with Gasteiger partial charge in [0.15, 0.2) is 0 Å². The quantitative estimate of drug-likeness (QED) is 0.830. The molecule has 0 bridgehead atoms. The average Bonchev–Trinajstić information content (AvgIpc) is 2.56. The van der Waals surface area contributed by atoms with Crippen molar-refractivity contribution in [3.05, 3.63) is 54.6 Å². The number of para-hydroxylation sites is 1. The molecule has 0 heterocycles. The van der Waals surface area contributed by atoms with E-state index in [1.165, 1.54) is 11.8 Å². The fourth-order valence-electron chi connectivity index (χ4n) is 2.10. The lowest BCUT2D eigenvalue weighted by Gasteiger charge is -2.17. The van der Waals surface area contributed by atoms with Gasteiger partial charge in [0.1, 0.15) is 6.42 Å². The second-order valence-corrected chi connectivity index (χ2v) is 5.27. The lowest BCUT2D eigenvalue weighted by atomic mass is 10.2. The molecular formula is C18H19N3O3. The van der Waals surface area contributed by atoms with Crippen LogP contribution in [0, 0.1) is 0 Å². The molecule has 0 spiro atoms. The van der Waals surface area contributed by atoms with Gasteiger partial charge in [-0.25, -0.2) is 0 Å². The Morgan fingerprint density at radius 1 is 0.875 bits per heavy atom. The Bertz CT molecular complexity index is 727. The molecule has 0 aliphatic heterocycles. The lowest BCUT2D eigenvalue weighted by molar-refractivity contribution is -0.125. The van der Waals surface area contributed by atoms with Gasteiger partial charge < -0.3 is 15.5 Å². The highest BCUT2D eigenvalue weighted by Crippen LogP contribution is 2.15. The van der Waals surface area contributed by atoms with Crippen LogP contribution < -0.4 is 15.5 Å². The second kappa shape index (κ2) is 7.92. The number of hydrogen-bond acceptors (Lipinski definition) is 3. The molecule has 6 nitrogen and oxygen atoms in total. The van der Waals surface area contributed by atoms with E-state index in [0.29, 0.717) is 11.4 Å². The number of benzene rings is 2. The fraction of sp³-hybridized carbons (Fsp3) is 0.167. The van der Waals surface area contributed by atoms with Gasteiger partial charge in [-0.15, -0.1) is 0 Å². The van der Waals surface area contributed by atoms with E-state index in [1.54, 1.807) is 43.4 Å². The number of anilines is 3. The van der Waals surface area contributed by atoms with Crippen molar-refractivity contribution >= 4 is 34.8 Å². The van der Waals surface area contributed by atoms with Gasteiger partial charge in [-0.2, -0.15) is 0 Å². The minimum Gasteiger partial charge on any atom is -0.326 e. The van der Waals surface area contributed by atoms with E-state index in [4.69, 9.17) is 0 Å². The van der Waals surface area contributed by atoms with Crippen molar-refractivity contribution in [2.45, 2.75) is 13.3 Å². The summed E-state index contributed by atoms with van der Waals surface area (Å²) in [7, 11) is 1.63. The summed E-state index contributed by atoms with van der Waals surface area (Å²) in [6.45, 7) is 1.42. The van der Waals surface area contributed by atoms with Crippen LogP contribution >= 0.6 is 0 Å². The van der Waals surface area contributed by atoms with E-state index in [0.717, 1.165) is 5.69 Å². The number of rotatable bonds is 5. The minimum atomic E-state index is -0.393. The maximum Gasteiger partial charge on any atom is 0.236 e. The second-order valence-electron chi connectivity index (χ2n) is 5.27. The molecule has 24 heavy (non-hydrogen) atoms. The SMILES string of the molecule is CC(=O)Nc1ccc(NC(=O)CC(=O)N(C)c2ccccc2)cc1. The molecule has 6 heteroatoms. The van der Waals surface area contributed by atoms with Crippen LogP contribution in [0.25, 0.3) is 0 Å². The molecule has 0 fully saturated rings. The highest BCUT2D eigenvalue weighted by atomic mass is 16.2. The zero-order valence-electron chi connectivity index (χ0n) is 13.6. The molecule has 124 valence electrons. The summed E-state index contributed by atoms with van der Waals surface area (Å²) in [6, 6.07) is 15.8. The number of carbonyl (C=O) groups is 3. The Kier molecular flexibility index (Phi) is 5.68. The van der Waals surface area contributed by atoms with Crippen LogP contribution in [0.5, 0.6) is 0 Å². The van der Waals surface area contributed by atoms with Crippen molar-refractivity contribution in [3.63, 3.8) is 0 Å². The van der Waals surface area contributed by atoms with Gasteiger partial charge in [0.05, 0.1) is 0 Å². The predicted octanol–water partition coefficient (Wildman–Crippen LogP) is 2.64. The summed E-state index contributed by atoms with van der Waals surface area (Å²) in [5.41, 5.74) is 1.93. The molecule has 0 aromatic heterocycles. The third kappa shape index (κ3) is 4.95. The van der Waals surface area contributed by atoms with E-state index >= 15 is 0 Å². The fourth-order valence-corrected chi connectivity index (χ4v) is 2.10. The average molecular weight is 325 g/mol. The summed E-state index contributed by atoms with van der Waals surface area (Å²) >= 11 is 0. The largest absolute Gasteiger partial charge is 0.326 e. The first-order chi connectivity index (χ1) is 11.5.